The first-order valence-electron chi connectivity index (χ1n) is 7.04. The Balaban J connectivity index is 2.11. The van der Waals surface area contributed by atoms with Crippen molar-refractivity contribution in [3.8, 4) is 0 Å². The van der Waals surface area contributed by atoms with E-state index in [1.165, 1.54) is 0 Å². The van der Waals surface area contributed by atoms with Crippen LogP contribution in [0.3, 0.4) is 0 Å². The van der Waals surface area contributed by atoms with Crippen molar-refractivity contribution in [2.24, 2.45) is 0 Å². The Kier molecular flexibility index (Phi) is 5.16. The minimum Gasteiger partial charge on any atom is -0.293 e. The molecule has 0 N–H and O–H groups in total. The first-order chi connectivity index (χ1) is 10.0. The van der Waals surface area contributed by atoms with Gasteiger partial charge in [-0.1, -0.05) is 54.1 Å². The van der Waals surface area contributed by atoms with Crippen LogP contribution in [-0.2, 0) is 0 Å². The van der Waals surface area contributed by atoms with Gasteiger partial charge in [-0.05, 0) is 38.1 Å². The van der Waals surface area contributed by atoms with Crippen LogP contribution in [0.25, 0.3) is 0 Å². The Bertz CT molecular complexity index is 639. The molecule has 3 heteroatoms. The Morgan fingerprint density at radius 1 is 1.14 bits per heavy atom. The number of rotatable bonds is 5. The topological polar surface area (TPSA) is 20.3 Å². The van der Waals surface area contributed by atoms with Crippen LogP contribution in [0.2, 0.25) is 5.02 Å². The van der Waals surface area contributed by atoms with Crippen molar-refractivity contribution < 1.29 is 4.79 Å². The molecule has 2 nitrogen and oxygen atoms in total. The number of Topliss-reactive ketones (excluding diaryl/α,β-unsaturated/α-hetero) is 1. The molecule has 0 fully saturated rings. The fraction of sp³-hybridized carbons (Fsp3) is 0.278. The minimum atomic E-state index is 0.0895. The van der Waals surface area contributed by atoms with E-state index in [4.69, 9.17) is 11.6 Å². The highest BCUT2D eigenvalue weighted by Gasteiger charge is 2.18. The first kappa shape index (κ1) is 15.7. The van der Waals surface area contributed by atoms with Crippen LogP contribution >= 0.6 is 11.6 Å². The van der Waals surface area contributed by atoms with Gasteiger partial charge in [-0.25, -0.2) is 0 Å². The van der Waals surface area contributed by atoms with Gasteiger partial charge in [-0.2, -0.15) is 0 Å². The molecule has 21 heavy (non-hydrogen) atoms. The van der Waals surface area contributed by atoms with E-state index >= 15 is 0 Å². The van der Waals surface area contributed by atoms with Gasteiger partial charge in [0.05, 0.1) is 6.54 Å². The van der Waals surface area contributed by atoms with Crippen LogP contribution in [0.15, 0.2) is 48.5 Å². The highest BCUT2D eigenvalue weighted by molar-refractivity contribution is 6.31. The van der Waals surface area contributed by atoms with Crippen LogP contribution in [0.4, 0.5) is 0 Å². The summed E-state index contributed by atoms with van der Waals surface area (Å²) in [5.74, 6) is 0.134. The number of hydrogen-bond acceptors (Lipinski definition) is 2. The normalized spacial score (nSPS) is 12.4. The van der Waals surface area contributed by atoms with Gasteiger partial charge in [0.2, 0.25) is 0 Å². The summed E-state index contributed by atoms with van der Waals surface area (Å²) in [7, 11) is 1.95. The van der Waals surface area contributed by atoms with Gasteiger partial charge in [0, 0.05) is 16.6 Å². The van der Waals surface area contributed by atoms with Crippen molar-refractivity contribution in [3.05, 3.63) is 70.2 Å². The van der Waals surface area contributed by atoms with E-state index in [0.29, 0.717) is 6.54 Å². The van der Waals surface area contributed by atoms with Crippen molar-refractivity contribution in [3.63, 3.8) is 0 Å². The van der Waals surface area contributed by atoms with Crippen LogP contribution in [0, 0.1) is 6.92 Å². The summed E-state index contributed by atoms with van der Waals surface area (Å²) in [4.78, 5) is 14.4. The molecule has 0 aliphatic rings. The summed E-state index contributed by atoms with van der Waals surface area (Å²) in [5.41, 5.74) is 2.84. The summed E-state index contributed by atoms with van der Waals surface area (Å²) < 4.78 is 0. The smallest absolute Gasteiger partial charge is 0.177 e. The Hall–Kier alpha value is -1.64. The molecule has 0 amide bonds. The van der Waals surface area contributed by atoms with E-state index in [2.05, 4.69) is 6.92 Å². The second-order valence-corrected chi connectivity index (χ2v) is 5.76. The quantitative estimate of drug-likeness (QED) is 0.757. The van der Waals surface area contributed by atoms with Crippen molar-refractivity contribution >= 4 is 17.4 Å². The second-order valence-electron chi connectivity index (χ2n) is 5.35. The number of likely N-dealkylation sites (N-methyl/N-ethyl adjacent to an activating group) is 1. The Morgan fingerprint density at radius 3 is 2.43 bits per heavy atom. The minimum absolute atomic E-state index is 0.0895. The van der Waals surface area contributed by atoms with E-state index in [1.54, 1.807) is 0 Å². The molecular weight excluding hydrogens is 282 g/mol. The summed E-state index contributed by atoms with van der Waals surface area (Å²) in [5, 5.41) is 0.736. The number of carbonyl (C=O) groups excluding carboxylic acids is 1. The zero-order chi connectivity index (χ0) is 15.4. The predicted molar refractivity (Wildman–Crippen MR) is 88.0 cm³/mol. The molecule has 0 saturated carbocycles. The SMILES string of the molecule is Cc1ccccc1C(=O)CN(C)C(C)c1ccccc1Cl. The Morgan fingerprint density at radius 2 is 1.76 bits per heavy atom. The molecule has 0 aliphatic carbocycles. The van der Waals surface area contributed by atoms with E-state index in [-0.39, 0.29) is 11.8 Å². The van der Waals surface area contributed by atoms with Crippen molar-refractivity contribution in [1.29, 1.82) is 0 Å². The monoisotopic (exact) mass is 301 g/mol. The third-order valence-corrected chi connectivity index (χ3v) is 4.20. The molecule has 2 aromatic carbocycles. The zero-order valence-electron chi connectivity index (χ0n) is 12.6. The number of nitrogens with zero attached hydrogens (tertiary/aromatic N) is 1. The van der Waals surface area contributed by atoms with Crippen molar-refractivity contribution in [2.45, 2.75) is 19.9 Å². The molecule has 0 saturated heterocycles. The van der Waals surface area contributed by atoms with Gasteiger partial charge in [-0.15, -0.1) is 0 Å². The van der Waals surface area contributed by atoms with Crippen LogP contribution in [0.5, 0.6) is 0 Å². The van der Waals surface area contributed by atoms with Crippen LogP contribution in [-0.4, -0.2) is 24.3 Å². The van der Waals surface area contributed by atoms with E-state index in [9.17, 15) is 4.79 Å². The number of benzene rings is 2. The average molecular weight is 302 g/mol. The molecule has 110 valence electrons. The molecule has 0 spiro atoms. The molecule has 1 unspecified atom stereocenters. The van der Waals surface area contributed by atoms with E-state index in [0.717, 1.165) is 21.7 Å². The number of aryl methyl sites for hydroxylation is 1. The number of ketones is 1. The molecule has 2 rings (SSSR count). The maximum Gasteiger partial charge on any atom is 0.177 e. The fourth-order valence-electron chi connectivity index (χ4n) is 2.39. The zero-order valence-corrected chi connectivity index (χ0v) is 13.4. The maximum absolute atomic E-state index is 12.4. The van der Waals surface area contributed by atoms with Crippen molar-refractivity contribution in [2.75, 3.05) is 13.6 Å². The highest BCUT2D eigenvalue weighted by Crippen LogP contribution is 2.26. The molecule has 2 aromatic rings. The third kappa shape index (κ3) is 3.72. The van der Waals surface area contributed by atoms with Gasteiger partial charge in [0.15, 0.2) is 5.78 Å². The van der Waals surface area contributed by atoms with Gasteiger partial charge < -0.3 is 0 Å². The molecule has 0 radical (unpaired) electrons. The standard InChI is InChI=1S/C18H20ClNO/c1-13-8-4-5-9-15(13)18(21)12-20(3)14(2)16-10-6-7-11-17(16)19/h4-11,14H,12H2,1-3H3. The molecular formula is C18H20ClNO. The number of halogens is 1. The largest absolute Gasteiger partial charge is 0.293 e. The summed E-state index contributed by atoms with van der Waals surface area (Å²) in [6.45, 7) is 4.40. The first-order valence-corrected chi connectivity index (χ1v) is 7.42. The number of carbonyl (C=O) groups is 1. The van der Waals surface area contributed by atoms with Gasteiger partial charge in [0.1, 0.15) is 0 Å². The molecule has 0 bridgehead atoms. The van der Waals surface area contributed by atoms with Gasteiger partial charge >= 0.3 is 0 Å². The van der Waals surface area contributed by atoms with E-state index < -0.39 is 0 Å². The average Bonchev–Trinajstić information content (AvgIpc) is 2.47. The fourth-order valence-corrected chi connectivity index (χ4v) is 2.68. The van der Waals surface area contributed by atoms with Crippen LogP contribution < -0.4 is 0 Å². The molecule has 0 aromatic heterocycles. The second kappa shape index (κ2) is 6.88. The van der Waals surface area contributed by atoms with E-state index in [1.807, 2.05) is 67.4 Å². The lowest BCUT2D eigenvalue weighted by molar-refractivity contribution is 0.0924. The molecule has 1 atom stereocenters. The maximum atomic E-state index is 12.4. The lowest BCUT2D eigenvalue weighted by Gasteiger charge is -2.25. The lowest BCUT2D eigenvalue weighted by atomic mass is 10.0. The summed E-state index contributed by atoms with van der Waals surface area (Å²) in [6.07, 6.45) is 0. The van der Waals surface area contributed by atoms with Crippen LogP contribution in [0.1, 0.15) is 34.5 Å². The number of hydrogen-bond donors (Lipinski definition) is 0. The van der Waals surface area contributed by atoms with Gasteiger partial charge in [0.25, 0.3) is 0 Å². The van der Waals surface area contributed by atoms with Gasteiger partial charge in [-0.3, -0.25) is 9.69 Å². The highest BCUT2D eigenvalue weighted by atomic mass is 35.5. The van der Waals surface area contributed by atoms with Crippen molar-refractivity contribution in [1.82, 2.24) is 4.90 Å². The summed E-state index contributed by atoms with van der Waals surface area (Å²) in [6, 6.07) is 15.5. The Labute approximate surface area is 131 Å². The molecule has 0 heterocycles. The lowest BCUT2D eigenvalue weighted by Crippen LogP contribution is -2.29. The summed E-state index contributed by atoms with van der Waals surface area (Å²) >= 11 is 6.23. The predicted octanol–water partition coefficient (Wildman–Crippen LogP) is 4.52. The third-order valence-electron chi connectivity index (χ3n) is 3.85. The molecule has 0 aliphatic heterocycles.